The van der Waals surface area contributed by atoms with Crippen LogP contribution in [0.25, 0.3) is 0 Å². The normalized spacial score (nSPS) is 13.8. The van der Waals surface area contributed by atoms with E-state index in [4.69, 9.17) is 9.15 Å². The van der Waals surface area contributed by atoms with Gasteiger partial charge in [0.15, 0.2) is 5.76 Å². The first-order valence-corrected chi connectivity index (χ1v) is 6.79. The third-order valence-electron chi connectivity index (χ3n) is 3.01. The van der Waals surface area contributed by atoms with Crippen molar-refractivity contribution < 1.29 is 23.8 Å². The zero-order valence-corrected chi connectivity index (χ0v) is 11.2. The summed E-state index contributed by atoms with van der Waals surface area (Å²) in [4.78, 5) is 24.2. The van der Waals surface area contributed by atoms with E-state index in [1.54, 1.807) is 6.07 Å². The van der Waals surface area contributed by atoms with E-state index in [2.05, 4.69) is 5.32 Å². The first kappa shape index (κ1) is 12.9. The van der Waals surface area contributed by atoms with E-state index >= 15 is 0 Å². The number of carboxylic acids is 1. The fourth-order valence-electron chi connectivity index (χ4n) is 2.12. The quantitative estimate of drug-likeness (QED) is 0.907. The number of thiophene rings is 1. The third kappa shape index (κ3) is 2.21. The summed E-state index contributed by atoms with van der Waals surface area (Å²) >= 11 is 1.24. The molecule has 0 fully saturated rings. The van der Waals surface area contributed by atoms with E-state index in [9.17, 15) is 14.7 Å². The molecule has 0 atom stereocenters. The maximum Gasteiger partial charge on any atom is 0.339 e. The predicted octanol–water partition coefficient (Wildman–Crippen LogP) is 2.36. The molecule has 3 rings (SSSR count). The van der Waals surface area contributed by atoms with Crippen LogP contribution in [0.15, 0.2) is 22.8 Å². The molecule has 0 saturated heterocycles. The molecule has 1 aliphatic rings. The Morgan fingerprint density at radius 2 is 2.25 bits per heavy atom. The van der Waals surface area contributed by atoms with Gasteiger partial charge in [0.05, 0.1) is 25.0 Å². The van der Waals surface area contributed by atoms with Gasteiger partial charge in [-0.2, -0.15) is 0 Å². The molecule has 1 amide bonds. The Balaban J connectivity index is 1.95. The van der Waals surface area contributed by atoms with Crippen LogP contribution >= 0.6 is 11.3 Å². The molecule has 104 valence electrons. The molecule has 3 heterocycles. The van der Waals surface area contributed by atoms with E-state index in [1.807, 2.05) is 0 Å². The van der Waals surface area contributed by atoms with Gasteiger partial charge in [-0.3, -0.25) is 4.79 Å². The van der Waals surface area contributed by atoms with Crippen LogP contribution in [-0.2, 0) is 17.8 Å². The van der Waals surface area contributed by atoms with Gasteiger partial charge >= 0.3 is 5.97 Å². The number of fused-ring (bicyclic) bond motifs is 1. The summed E-state index contributed by atoms with van der Waals surface area (Å²) < 4.78 is 10.3. The number of hydrogen-bond acceptors (Lipinski definition) is 5. The van der Waals surface area contributed by atoms with Crippen molar-refractivity contribution in [3.8, 4) is 0 Å². The number of carbonyl (C=O) groups is 2. The first-order valence-electron chi connectivity index (χ1n) is 5.97. The molecular formula is C13H11NO5S. The highest BCUT2D eigenvalue weighted by molar-refractivity contribution is 7.17. The molecule has 7 heteroatoms. The van der Waals surface area contributed by atoms with E-state index < -0.39 is 11.9 Å². The molecule has 0 radical (unpaired) electrons. The lowest BCUT2D eigenvalue weighted by molar-refractivity contribution is 0.0693. The van der Waals surface area contributed by atoms with Crippen molar-refractivity contribution in [3.05, 3.63) is 40.2 Å². The van der Waals surface area contributed by atoms with Crippen LogP contribution in [0.4, 0.5) is 5.00 Å². The van der Waals surface area contributed by atoms with Crippen LogP contribution in [0, 0.1) is 0 Å². The van der Waals surface area contributed by atoms with Gasteiger partial charge in [0.2, 0.25) is 0 Å². The van der Waals surface area contributed by atoms with E-state index in [-0.39, 0.29) is 11.3 Å². The van der Waals surface area contributed by atoms with Crippen molar-refractivity contribution in [2.24, 2.45) is 0 Å². The number of carboxylic acid groups (broad SMARTS) is 1. The smallest absolute Gasteiger partial charge is 0.339 e. The highest BCUT2D eigenvalue weighted by Crippen LogP contribution is 2.36. The Morgan fingerprint density at radius 1 is 1.40 bits per heavy atom. The van der Waals surface area contributed by atoms with Gasteiger partial charge in [-0.15, -0.1) is 11.3 Å². The molecule has 0 aromatic carbocycles. The summed E-state index contributed by atoms with van der Waals surface area (Å²) in [5, 5.41) is 12.3. The largest absolute Gasteiger partial charge is 0.478 e. The van der Waals surface area contributed by atoms with Gasteiger partial charge in [0, 0.05) is 4.88 Å². The second-order valence-corrected chi connectivity index (χ2v) is 5.35. The topological polar surface area (TPSA) is 88.8 Å². The number of hydrogen-bond donors (Lipinski definition) is 2. The summed E-state index contributed by atoms with van der Waals surface area (Å²) in [6.07, 6.45) is 1.93. The number of aromatic carboxylic acids is 1. The Hall–Kier alpha value is -2.12. The second-order valence-electron chi connectivity index (χ2n) is 4.25. The zero-order chi connectivity index (χ0) is 14.1. The molecule has 2 aromatic heterocycles. The minimum Gasteiger partial charge on any atom is -0.478 e. The Kier molecular flexibility index (Phi) is 3.29. The molecule has 0 saturated carbocycles. The average molecular weight is 293 g/mol. The zero-order valence-electron chi connectivity index (χ0n) is 10.3. The monoisotopic (exact) mass is 293 g/mol. The van der Waals surface area contributed by atoms with Crippen LogP contribution in [0.3, 0.4) is 0 Å². The number of amides is 1. The van der Waals surface area contributed by atoms with Crippen molar-refractivity contribution in [2.75, 3.05) is 11.9 Å². The second kappa shape index (κ2) is 5.10. The lowest BCUT2D eigenvalue weighted by Gasteiger charge is -2.11. The lowest BCUT2D eigenvalue weighted by atomic mass is 10.1. The Bertz CT molecular complexity index is 659. The third-order valence-corrected chi connectivity index (χ3v) is 4.13. The van der Waals surface area contributed by atoms with Gasteiger partial charge in [-0.1, -0.05) is 0 Å². The number of anilines is 1. The number of rotatable bonds is 3. The lowest BCUT2D eigenvalue weighted by Crippen LogP contribution is -2.14. The fourth-order valence-corrected chi connectivity index (χ4v) is 3.29. The van der Waals surface area contributed by atoms with Crippen molar-refractivity contribution in [3.63, 3.8) is 0 Å². The Labute approximate surface area is 118 Å². The van der Waals surface area contributed by atoms with Crippen molar-refractivity contribution in [1.29, 1.82) is 0 Å². The average Bonchev–Trinajstić information content (AvgIpc) is 3.05. The number of furan rings is 1. The molecule has 20 heavy (non-hydrogen) atoms. The van der Waals surface area contributed by atoms with Crippen LogP contribution in [0.2, 0.25) is 0 Å². The molecule has 6 nitrogen and oxygen atoms in total. The minimum absolute atomic E-state index is 0.143. The van der Waals surface area contributed by atoms with Gasteiger partial charge < -0.3 is 19.6 Å². The minimum atomic E-state index is -1.04. The maximum absolute atomic E-state index is 11.9. The highest BCUT2D eigenvalue weighted by Gasteiger charge is 2.26. The summed E-state index contributed by atoms with van der Waals surface area (Å²) in [7, 11) is 0. The Morgan fingerprint density at radius 3 is 2.95 bits per heavy atom. The summed E-state index contributed by atoms with van der Waals surface area (Å²) in [6.45, 7) is 0.881. The van der Waals surface area contributed by atoms with Crippen LogP contribution < -0.4 is 5.32 Å². The SMILES string of the molecule is O=C(Nc1sc2c(c1C(=O)O)CCOC2)c1ccco1. The first-order chi connectivity index (χ1) is 9.66. The van der Waals surface area contributed by atoms with Crippen molar-refractivity contribution in [2.45, 2.75) is 13.0 Å². The maximum atomic E-state index is 11.9. The highest BCUT2D eigenvalue weighted by atomic mass is 32.1. The molecule has 0 bridgehead atoms. The van der Waals surface area contributed by atoms with Gasteiger partial charge in [-0.25, -0.2) is 4.79 Å². The van der Waals surface area contributed by atoms with Crippen molar-refractivity contribution in [1.82, 2.24) is 0 Å². The van der Waals surface area contributed by atoms with Crippen LogP contribution in [0.1, 0.15) is 31.4 Å². The van der Waals surface area contributed by atoms with Crippen molar-refractivity contribution >= 4 is 28.2 Å². The molecular weight excluding hydrogens is 282 g/mol. The molecule has 0 unspecified atom stereocenters. The van der Waals surface area contributed by atoms with E-state index in [0.29, 0.717) is 24.6 Å². The molecule has 0 spiro atoms. The summed E-state index contributed by atoms with van der Waals surface area (Å²) in [5.41, 5.74) is 0.914. The number of ether oxygens (including phenoxy) is 1. The molecule has 1 aliphatic heterocycles. The number of carbonyl (C=O) groups excluding carboxylic acids is 1. The van der Waals surface area contributed by atoms with Crippen LogP contribution in [0.5, 0.6) is 0 Å². The molecule has 0 aliphatic carbocycles. The standard InChI is InChI=1S/C13H11NO5S/c15-11(8-2-1-4-19-8)14-12-10(13(16)17)7-3-5-18-6-9(7)20-12/h1-2,4H,3,5-6H2,(H,14,15)(H,16,17). The summed E-state index contributed by atoms with van der Waals surface area (Å²) in [5.74, 6) is -1.36. The van der Waals surface area contributed by atoms with Gasteiger partial charge in [0.1, 0.15) is 5.00 Å². The van der Waals surface area contributed by atoms with E-state index in [0.717, 1.165) is 10.4 Å². The van der Waals surface area contributed by atoms with E-state index in [1.165, 1.54) is 23.7 Å². The predicted molar refractivity (Wildman–Crippen MR) is 71.3 cm³/mol. The number of nitrogens with one attached hydrogen (secondary N) is 1. The fraction of sp³-hybridized carbons (Fsp3) is 0.231. The summed E-state index contributed by atoms with van der Waals surface area (Å²) in [6, 6.07) is 3.12. The van der Waals surface area contributed by atoms with Gasteiger partial charge in [0.25, 0.3) is 5.91 Å². The van der Waals surface area contributed by atoms with Gasteiger partial charge in [-0.05, 0) is 24.1 Å². The van der Waals surface area contributed by atoms with Crippen LogP contribution in [-0.4, -0.2) is 23.6 Å². The molecule has 2 aromatic rings. The molecule has 2 N–H and O–H groups in total.